The second kappa shape index (κ2) is 5.57. The van der Waals surface area contributed by atoms with Crippen molar-refractivity contribution >= 4 is 21.2 Å². The summed E-state index contributed by atoms with van der Waals surface area (Å²) >= 11 is 0. The van der Waals surface area contributed by atoms with Crippen molar-refractivity contribution in [1.29, 1.82) is 0 Å². The Labute approximate surface area is 138 Å². The first-order valence-electron chi connectivity index (χ1n) is 7.47. The topological polar surface area (TPSA) is 86.2 Å². The average Bonchev–Trinajstić information content (AvgIpc) is 2.41. The van der Waals surface area contributed by atoms with E-state index in [9.17, 15) is 8.42 Å². The van der Waals surface area contributed by atoms with Crippen molar-refractivity contribution in [1.82, 2.24) is 0 Å². The van der Waals surface area contributed by atoms with Gasteiger partial charge in [0, 0.05) is 11.4 Å². The van der Waals surface area contributed by atoms with Crippen molar-refractivity contribution < 1.29 is 8.42 Å². The highest BCUT2D eigenvalue weighted by Gasteiger charge is 2.28. The SMILES string of the molecule is Cc1cc(C)c(S(=O)(=O)c2c(C)cc(C)c(N)c2C)c(C)c1N. The summed E-state index contributed by atoms with van der Waals surface area (Å²) in [5, 5.41) is 0. The van der Waals surface area contributed by atoms with Crippen LogP contribution in [0.25, 0.3) is 0 Å². The van der Waals surface area contributed by atoms with Gasteiger partial charge in [0.2, 0.25) is 9.84 Å². The van der Waals surface area contributed by atoms with Crippen LogP contribution in [0.5, 0.6) is 0 Å². The molecule has 4 nitrogen and oxygen atoms in total. The maximum atomic E-state index is 13.3. The summed E-state index contributed by atoms with van der Waals surface area (Å²) in [7, 11) is -3.70. The average molecular weight is 332 g/mol. The van der Waals surface area contributed by atoms with E-state index < -0.39 is 9.84 Å². The molecule has 5 heteroatoms. The highest BCUT2D eigenvalue weighted by Crippen LogP contribution is 2.37. The summed E-state index contributed by atoms with van der Waals surface area (Å²) in [6.07, 6.45) is 0. The normalized spacial score (nSPS) is 11.7. The lowest BCUT2D eigenvalue weighted by Crippen LogP contribution is -2.13. The van der Waals surface area contributed by atoms with Gasteiger partial charge in [0.05, 0.1) is 9.79 Å². The summed E-state index contributed by atoms with van der Waals surface area (Å²) in [5.74, 6) is 0. The van der Waals surface area contributed by atoms with E-state index in [1.807, 2.05) is 26.0 Å². The third-order valence-electron chi connectivity index (χ3n) is 4.46. The van der Waals surface area contributed by atoms with E-state index >= 15 is 0 Å². The van der Waals surface area contributed by atoms with Gasteiger partial charge in [0.15, 0.2) is 0 Å². The lowest BCUT2D eigenvalue weighted by molar-refractivity contribution is 0.593. The van der Waals surface area contributed by atoms with Crippen LogP contribution >= 0.6 is 0 Å². The van der Waals surface area contributed by atoms with E-state index in [1.54, 1.807) is 27.7 Å². The Balaban J connectivity index is 2.91. The molecule has 0 fully saturated rings. The molecule has 0 aromatic heterocycles. The van der Waals surface area contributed by atoms with Crippen LogP contribution in [0, 0.1) is 41.5 Å². The molecule has 0 aliphatic heterocycles. The molecule has 2 aromatic rings. The van der Waals surface area contributed by atoms with E-state index in [0.29, 0.717) is 33.6 Å². The van der Waals surface area contributed by atoms with Gasteiger partial charge in [-0.15, -0.1) is 0 Å². The first-order chi connectivity index (χ1) is 10.5. The molecule has 0 amide bonds. The maximum Gasteiger partial charge on any atom is 0.207 e. The third kappa shape index (κ3) is 2.59. The van der Waals surface area contributed by atoms with Gasteiger partial charge in [0.25, 0.3) is 0 Å². The van der Waals surface area contributed by atoms with Crippen molar-refractivity contribution in [2.45, 2.75) is 51.3 Å². The first-order valence-corrected chi connectivity index (χ1v) is 8.96. The smallest absolute Gasteiger partial charge is 0.207 e. The van der Waals surface area contributed by atoms with Crippen LogP contribution in [0.4, 0.5) is 11.4 Å². The number of hydrogen-bond donors (Lipinski definition) is 2. The molecule has 4 N–H and O–H groups in total. The van der Waals surface area contributed by atoms with Gasteiger partial charge in [-0.3, -0.25) is 0 Å². The molecule has 0 bridgehead atoms. The zero-order valence-electron chi connectivity index (χ0n) is 14.5. The van der Waals surface area contributed by atoms with Gasteiger partial charge in [-0.25, -0.2) is 8.42 Å². The molecule has 0 atom stereocenters. The molecule has 0 heterocycles. The van der Waals surface area contributed by atoms with E-state index in [1.165, 1.54) is 0 Å². The minimum atomic E-state index is -3.70. The largest absolute Gasteiger partial charge is 0.398 e. The summed E-state index contributed by atoms with van der Waals surface area (Å²) in [5.41, 5.74) is 17.5. The van der Waals surface area contributed by atoms with E-state index in [4.69, 9.17) is 11.5 Å². The minimum Gasteiger partial charge on any atom is -0.398 e. The van der Waals surface area contributed by atoms with Gasteiger partial charge >= 0.3 is 0 Å². The molecule has 0 aliphatic carbocycles. The van der Waals surface area contributed by atoms with Crippen molar-refractivity contribution in [3.05, 3.63) is 45.5 Å². The molecular weight excluding hydrogens is 308 g/mol. The van der Waals surface area contributed by atoms with Crippen molar-refractivity contribution in [3.63, 3.8) is 0 Å². The quantitative estimate of drug-likeness (QED) is 0.824. The van der Waals surface area contributed by atoms with Crippen LogP contribution in [0.3, 0.4) is 0 Å². The molecule has 0 saturated carbocycles. The van der Waals surface area contributed by atoms with Gasteiger partial charge in [-0.2, -0.15) is 0 Å². The summed E-state index contributed by atoms with van der Waals surface area (Å²) < 4.78 is 26.7. The van der Waals surface area contributed by atoms with Crippen molar-refractivity contribution in [2.75, 3.05) is 11.5 Å². The molecule has 0 aliphatic rings. The number of sulfone groups is 1. The number of aryl methyl sites for hydroxylation is 4. The second-order valence-electron chi connectivity index (χ2n) is 6.26. The van der Waals surface area contributed by atoms with Crippen LogP contribution in [0.1, 0.15) is 33.4 Å². The van der Waals surface area contributed by atoms with Crippen LogP contribution < -0.4 is 11.5 Å². The number of rotatable bonds is 2. The summed E-state index contributed by atoms with van der Waals surface area (Å²) in [6, 6.07) is 3.63. The van der Waals surface area contributed by atoms with Crippen LogP contribution in [-0.4, -0.2) is 8.42 Å². The molecular formula is C18H24N2O2S. The Kier molecular flexibility index (Phi) is 4.20. The Morgan fingerprint density at radius 2 is 0.957 bits per heavy atom. The fourth-order valence-electron chi connectivity index (χ4n) is 3.29. The van der Waals surface area contributed by atoms with E-state index in [2.05, 4.69) is 0 Å². The fraction of sp³-hybridized carbons (Fsp3) is 0.333. The van der Waals surface area contributed by atoms with Crippen molar-refractivity contribution in [3.8, 4) is 0 Å². The second-order valence-corrected chi connectivity index (χ2v) is 8.08. The molecule has 23 heavy (non-hydrogen) atoms. The van der Waals surface area contributed by atoms with Crippen molar-refractivity contribution in [2.24, 2.45) is 0 Å². The maximum absolute atomic E-state index is 13.3. The molecule has 124 valence electrons. The first kappa shape index (κ1) is 17.3. The van der Waals surface area contributed by atoms with Gasteiger partial charge in [-0.05, 0) is 74.9 Å². The minimum absolute atomic E-state index is 0.287. The number of benzene rings is 2. The number of nitrogens with two attached hydrogens (primary N) is 2. The molecule has 2 rings (SSSR count). The van der Waals surface area contributed by atoms with E-state index in [-0.39, 0.29) is 9.79 Å². The molecule has 0 saturated heterocycles. The van der Waals surface area contributed by atoms with Crippen LogP contribution in [-0.2, 0) is 9.84 Å². The highest BCUT2D eigenvalue weighted by molar-refractivity contribution is 7.91. The van der Waals surface area contributed by atoms with E-state index in [0.717, 1.165) is 11.1 Å². The van der Waals surface area contributed by atoms with Crippen LogP contribution in [0.15, 0.2) is 21.9 Å². The van der Waals surface area contributed by atoms with Crippen LogP contribution in [0.2, 0.25) is 0 Å². The predicted octanol–water partition coefficient (Wildman–Crippen LogP) is 3.53. The van der Waals surface area contributed by atoms with Gasteiger partial charge < -0.3 is 11.5 Å². The highest BCUT2D eigenvalue weighted by atomic mass is 32.2. The Bertz CT molecular complexity index is 844. The number of nitrogen functional groups attached to an aromatic ring is 2. The number of anilines is 2. The standard InChI is InChI=1S/C18H24N2O2S/c1-9-7-11(3)17(13(5)15(9)19)23(21,22)18-12(4)8-10(2)16(20)14(18)6/h7-8H,19-20H2,1-6H3. The van der Waals surface area contributed by atoms with Gasteiger partial charge in [0.1, 0.15) is 0 Å². The monoisotopic (exact) mass is 332 g/mol. The van der Waals surface area contributed by atoms with Gasteiger partial charge in [-0.1, -0.05) is 12.1 Å². The zero-order chi connectivity index (χ0) is 17.7. The lowest BCUT2D eigenvalue weighted by atomic mass is 10.1. The molecule has 0 radical (unpaired) electrons. The number of hydrogen-bond acceptors (Lipinski definition) is 4. The molecule has 0 spiro atoms. The zero-order valence-corrected chi connectivity index (χ0v) is 15.4. The molecule has 0 unspecified atom stereocenters. The third-order valence-corrected chi connectivity index (χ3v) is 6.79. The molecule has 2 aromatic carbocycles. The Morgan fingerprint density at radius 3 is 1.26 bits per heavy atom. The Hall–Kier alpha value is -2.01. The fourth-order valence-corrected chi connectivity index (χ4v) is 5.49. The predicted molar refractivity (Wildman–Crippen MR) is 95.6 cm³/mol. The summed E-state index contributed by atoms with van der Waals surface area (Å²) in [4.78, 5) is 0.574. The summed E-state index contributed by atoms with van der Waals surface area (Å²) in [6.45, 7) is 10.9. The lowest BCUT2D eigenvalue weighted by Gasteiger charge is -2.19. The Morgan fingerprint density at radius 1 is 0.652 bits per heavy atom.